The van der Waals surface area contributed by atoms with Gasteiger partial charge in [-0.2, -0.15) is 0 Å². The van der Waals surface area contributed by atoms with Gasteiger partial charge in [-0.1, -0.05) is 133 Å². The lowest BCUT2D eigenvalue weighted by Crippen LogP contribution is -2.00. The van der Waals surface area contributed by atoms with Crippen molar-refractivity contribution in [3.05, 3.63) is 188 Å². The third kappa shape index (κ3) is 4.81. The molecule has 0 aliphatic carbocycles. The van der Waals surface area contributed by atoms with Gasteiger partial charge in [0.05, 0.1) is 33.1 Å². The Morgan fingerprint density at radius 2 is 0.930 bits per heavy atom. The predicted octanol–water partition coefficient (Wildman–Crippen LogP) is 13.0. The van der Waals surface area contributed by atoms with Crippen LogP contribution in [0, 0.1) is 0 Å². The number of benzene rings is 8. The predicted molar refractivity (Wildman–Crippen MR) is 232 cm³/mol. The molecule has 0 N–H and O–H groups in total. The summed E-state index contributed by atoms with van der Waals surface area (Å²) in [6, 6.07) is 65.5. The lowest BCUT2D eigenvalue weighted by Gasteiger charge is -2.11. The second kappa shape index (κ2) is 12.3. The monoisotopic (exact) mass is 729 g/mol. The van der Waals surface area contributed by atoms with Gasteiger partial charge in [0.25, 0.3) is 0 Å². The van der Waals surface area contributed by atoms with E-state index in [-0.39, 0.29) is 0 Å². The van der Waals surface area contributed by atoms with Crippen molar-refractivity contribution in [1.29, 1.82) is 0 Å². The van der Waals surface area contributed by atoms with Gasteiger partial charge in [-0.15, -0.1) is 0 Å². The van der Waals surface area contributed by atoms with Gasteiger partial charge in [-0.3, -0.25) is 0 Å². The highest BCUT2D eigenvalue weighted by atomic mass is 16.3. The van der Waals surface area contributed by atoms with Gasteiger partial charge in [-0.05, 0) is 54.6 Å². The first-order valence-corrected chi connectivity index (χ1v) is 19.1. The molecule has 0 atom stereocenters. The van der Waals surface area contributed by atoms with E-state index in [9.17, 15) is 0 Å². The van der Waals surface area contributed by atoms with Crippen LogP contribution in [0.5, 0.6) is 0 Å². The zero-order chi connectivity index (χ0) is 37.5. The SMILES string of the molecule is c1ccc(-c2nc(-c3ccccc3)nc(-c3ccc4c(c3)oc3cccc(-n5c6ccccc6c6ccc7c(c8ccccc8n7-c7ccccc7)c65)c34)n2)cc1. The summed E-state index contributed by atoms with van der Waals surface area (Å²) >= 11 is 0. The highest BCUT2D eigenvalue weighted by molar-refractivity contribution is 6.27. The minimum Gasteiger partial charge on any atom is -0.456 e. The van der Waals surface area contributed by atoms with Crippen LogP contribution in [0.4, 0.5) is 0 Å². The van der Waals surface area contributed by atoms with E-state index in [0.717, 1.165) is 61.0 Å². The van der Waals surface area contributed by atoms with Gasteiger partial charge in [0.1, 0.15) is 11.2 Å². The lowest BCUT2D eigenvalue weighted by atomic mass is 10.1. The number of aromatic nitrogens is 5. The summed E-state index contributed by atoms with van der Waals surface area (Å²) in [5.41, 5.74) is 11.1. The first kappa shape index (κ1) is 31.5. The van der Waals surface area contributed by atoms with Gasteiger partial charge in [0.2, 0.25) is 0 Å². The van der Waals surface area contributed by atoms with E-state index in [1.807, 2.05) is 60.7 Å². The molecule has 12 aromatic rings. The first-order chi connectivity index (χ1) is 28.3. The Hall–Kier alpha value is -7.83. The molecule has 4 aromatic heterocycles. The summed E-state index contributed by atoms with van der Waals surface area (Å²) in [5.74, 6) is 1.83. The Kier molecular flexibility index (Phi) is 6.83. The number of hydrogen-bond acceptors (Lipinski definition) is 4. The van der Waals surface area contributed by atoms with Crippen molar-refractivity contribution in [2.45, 2.75) is 0 Å². The minimum absolute atomic E-state index is 0.588. The highest BCUT2D eigenvalue weighted by Gasteiger charge is 2.23. The topological polar surface area (TPSA) is 61.7 Å². The third-order valence-corrected chi connectivity index (χ3v) is 11.2. The maximum absolute atomic E-state index is 6.74. The number of furan rings is 1. The van der Waals surface area contributed by atoms with Crippen LogP contribution in [-0.4, -0.2) is 24.1 Å². The summed E-state index contributed by atoms with van der Waals surface area (Å²) in [5, 5.41) is 6.91. The van der Waals surface area contributed by atoms with Crippen LogP contribution in [0.3, 0.4) is 0 Å². The Morgan fingerprint density at radius 1 is 0.351 bits per heavy atom. The zero-order valence-electron chi connectivity index (χ0n) is 30.5. The average Bonchev–Trinajstić information content (AvgIpc) is 3.94. The van der Waals surface area contributed by atoms with Crippen molar-refractivity contribution in [3.63, 3.8) is 0 Å². The first-order valence-electron chi connectivity index (χ1n) is 19.1. The molecule has 0 fully saturated rings. The molecule has 6 heteroatoms. The van der Waals surface area contributed by atoms with Gasteiger partial charge < -0.3 is 13.6 Å². The van der Waals surface area contributed by atoms with Crippen LogP contribution >= 0.6 is 0 Å². The van der Waals surface area contributed by atoms with Gasteiger partial charge in [-0.25, -0.2) is 15.0 Å². The van der Waals surface area contributed by atoms with E-state index in [1.54, 1.807) is 0 Å². The fourth-order valence-electron chi connectivity index (χ4n) is 8.68. The van der Waals surface area contributed by atoms with Crippen molar-refractivity contribution < 1.29 is 4.42 Å². The second-order valence-electron chi connectivity index (χ2n) is 14.4. The molecule has 4 heterocycles. The quantitative estimate of drug-likeness (QED) is 0.177. The highest BCUT2D eigenvalue weighted by Crippen LogP contribution is 2.44. The number of hydrogen-bond donors (Lipinski definition) is 0. The Bertz CT molecular complexity index is 3450. The molecule has 0 saturated heterocycles. The number of fused-ring (bicyclic) bond motifs is 10. The summed E-state index contributed by atoms with van der Waals surface area (Å²) < 4.78 is 11.6. The molecule has 57 heavy (non-hydrogen) atoms. The summed E-state index contributed by atoms with van der Waals surface area (Å²) in [4.78, 5) is 14.9. The van der Waals surface area contributed by atoms with Crippen LogP contribution in [0.25, 0.3) is 111 Å². The van der Waals surface area contributed by atoms with Crippen LogP contribution in [0.2, 0.25) is 0 Å². The Labute approximate surface area is 326 Å². The molecular weight excluding hydrogens is 699 g/mol. The Morgan fingerprint density at radius 3 is 1.63 bits per heavy atom. The molecule has 0 aliphatic heterocycles. The molecule has 8 aromatic carbocycles. The number of rotatable bonds is 5. The molecule has 0 unspecified atom stereocenters. The molecule has 0 radical (unpaired) electrons. The summed E-state index contributed by atoms with van der Waals surface area (Å²) in [7, 11) is 0. The largest absolute Gasteiger partial charge is 0.456 e. The van der Waals surface area contributed by atoms with Crippen molar-refractivity contribution >= 4 is 65.6 Å². The molecule has 6 nitrogen and oxygen atoms in total. The maximum atomic E-state index is 6.74. The minimum atomic E-state index is 0.588. The van der Waals surface area contributed by atoms with Crippen LogP contribution < -0.4 is 0 Å². The molecule has 12 rings (SSSR count). The van der Waals surface area contributed by atoms with Crippen molar-refractivity contribution in [2.75, 3.05) is 0 Å². The van der Waals surface area contributed by atoms with Gasteiger partial charge in [0, 0.05) is 49.3 Å². The fourth-order valence-corrected chi connectivity index (χ4v) is 8.68. The molecule has 0 amide bonds. The van der Waals surface area contributed by atoms with E-state index in [0.29, 0.717) is 17.5 Å². The second-order valence-corrected chi connectivity index (χ2v) is 14.4. The number of nitrogens with zero attached hydrogens (tertiary/aromatic N) is 5. The lowest BCUT2D eigenvalue weighted by molar-refractivity contribution is 0.669. The molecular formula is C51H31N5O. The molecule has 0 bridgehead atoms. The smallest absolute Gasteiger partial charge is 0.164 e. The molecule has 0 spiro atoms. The maximum Gasteiger partial charge on any atom is 0.164 e. The number of para-hydroxylation sites is 3. The van der Waals surface area contributed by atoms with Gasteiger partial charge in [0.15, 0.2) is 17.5 Å². The standard InChI is InChI=1S/C51H31N5O/c1-4-15-32(16-5-1)49-52-50(33-17-6-2-7-18-33)54-51(53-49)34-27-28-39-45(31-34)57-44-26-14-25-42(46(39)44)56-40-23-12-10-21-36(40)37-29-30-43-47(48(37)56)38-22-11-13-24-41(38)55(43)35-19-8-3-9-20-35/h1-31H. The zero-order valence-corrected chi connectivity index (χ0v) is 30.5. The van der Waals surface area contributed by atoms with E-state index < -0.39 is 0 Å². The summed E-state index contributed by atoms with van der Waals surface area (Å²) in [6.07, 6.45) is 0. The van der Waals surface area contributed by atoms with E-state index in [1.165, 1.54) is 32.6 Å². The molecule has 0 aliphatic rings. The van der Waals surface area contributed by atoms with Crippen molar-refractivity contribution in [2.24, 2.45) is 0 Å². The van der Waals surface area contributed by atoms with E-state index >= 15 is 0 Å². The third-order valence-electron chi connectivity index (χ3n) is 11.2. The van der Waals surface area contributed by atoms with Gasteiger partial charge >= 0.3 is 0 Å². The normalized spacial score (nSPS) is 11.9. The van der Waals surface area contributed by atoms with E-state index in [2.05, 4.69) is 137 Å². The van der Waals surface area contributed by atoms with Crippen LogP contribution in [0.1, 0.15) is 0 Å². The van der Waals surface area contributed by atoms with Crippen molar-refractivity contribution in [3.8, 4) is 45.5 Å². The van der Waals surface area contributed by atoms with Crippen molar-refractivity contribution in [1.82, 2.24) is 24.1 Å². The van der Waals surface area contributed by atoms with Crippen LogP contribution in [0.15, 0.2) is 192 Å². The Balaban J connectivity index is 1.11. The summed E-state index contributed by atoms with van der Waals surface area (Å²) in [6.45, 7) is 0. The molecule has 266 valence electrons. The molecule has 0 saturated carbocycles. The fraction of sp³-hybridized carbons (Fsp3) is 0. The average molecular weight is 730 g/mol. The van der Waals surface area contributed by atoms with E-state index in [4.69, 9.17) is 19.4 Å². The van der Waals surface area contributed by atoms with Crippen LogP contribution in [-0.2, 0) is 0 Å².